The molecule has 7 nitrogen and oxygen atoms in total. The number of fused-ring (bicyclic) bond motifs is 1. The number of aryl methyl sites for hydroxylation is 1. The van der Waals surface area contributed by atoms with E-state index in [-0.39, 0.29) is 17.7 Å². The quantitative estimate of drug-likeness (QED) is 0.381. The molecule has 0 amide bonds. The lowest BCUT2D eigenvalue weighted by Gasteiger charge is -2.28. The number of nitrogens with zero attached hydrogens (tertiary/aromatic N) is 4. The van der Waals surface area contributed by atoms with Crippen LogP contribution in [0.15, 0.2) is 59.8 Å². The molecule has 0 radical (unpaired) electrons. The lowest BCUT2D eigenvalue weighted by atomic mass is 10.1. The number of rotatable bonds is 5. The van der Waals surface area contributed by atoms with Gasteiger partial charge in [-0.05, 0) is 35.4 Å². The maximum Gasteiger partial charge on any atom is 0.573 e. The van der Waals surface area contributed by atoms with Gasteiger partial charge in [0.25, 0.3) is 5.56 Å². The third-order valence-corrected chi connectivity index (χ3v) is 6.00. The topological polar surface area (TPSA) is 61.5 Å². The smallest absolute Gasteiger partial charge is 0.406 e. The first kappa shape index (κ1) is 23.9. The van der Waals surface area contributed by atoms with Crippen molar-refractivity contribution in [1.82, 2.24) is 14.1 Å². The van der Waals surface area contributed by atoms with Crippen molar-refractivity contribution in [3.8, 4) is 16.9 Å². The molecule has 0 unspecified atom stereocenters. The van der Waals surface area contributed by atoms with Crippen LogP contribution in [0.4, 0.5) is 23.2 Å². The van der Waals surface area contributed by atoms with Gasteiger partial charge in [-0.2, -0.15) is 0 Å². The van der Waals surface area contributed by atoms with Crippen molar-refractivity contribution in [2.45, 2.75) is 12.9 Å². The Balaban J connectivity index is 1.45. The molecule has 3 aromatic heterocycles. The molecule has 1 aromatic carbocycles. The molecule has 0 spiro atoms. The fourth-order valence-corrected chi connectivity index (χ4v) is 4.38. The Kier molecular flexibility index (Phi) is 6.17. The third kappa shape index (κ3) is 5.06. The van der Waals surface area contributed by atoms with Gasteiger partial charge in [0.2, 0.25) is 0 Å². The highest BCUT2D eigenvalue weighted by atomic mass is 19.4. The highest BCUT2D eigenvalue weighted by molar-refractivity contribution is 5.95. The van der Waals surface area contributed by atoms with E-state index in [0.29, 0.717) is 24.8 Å². The minimum Gasteiger partial charge on any atom is -0.406 e. The van der Waals surface area contributed by atoms with Crippen molar-refractivity contribution < 1.29 is 27.0 Å². The van der Waals surface area contributed by atoms with Crippen LogP contribution >= 0.6 is 0 Å². The summed E-state index contributed by atoms with van der Waals surface area (Å²) in [6.45, 7) is 2.70. The van der Waals surface area contributed by atoms with Crippen LogP contribution in [0.5, 0.6) is 5.75 Å². The Morgan fingerprint density at radius 3 is 2.61 bits per heavy atom. The number of pyridine rings is 2. The summed E-state index contributed by atoms with van der Waals surface area (Å²) in [7, 11) is 1.87. The van der Waals surface area contributed by atoms with Crippen LogP contribution < -0.4 is 15.2 Å². The number of ether oxygens (including phenoxy) is 2. The van der Waals surface area contributed by atoms with Gasteiger partial charge in [0.15, 0.2) is 0 Å². The number of alkyl halides is 3. The number of hydrogen-bond acceptors (Lipinski definition) is 5. The Hall–Kier alpha value is -3.86. The van der Waals surface area contributed by atoms with Crippen molar-refractivity contribution in [2.75, 3.05) is 31.2 Å². The van der Waals surface area contributed by atoms with Gasteiger partial charge in [0.05, 0.1) is 31.6 Å². The summed E-state index contributed by atoms with van der Waals surface area (Å²) < 4.78 is 63.9. The van der Waals surface area contributed by atoms with Gasteiger partial charge in [-0.1, -0.05) is 0 Å². The summed E-state index contributed by atoms with van der Waals surface area (Å²) in [5, 5.41) is 0.887. The summed E-state index contributed by atoms with van der Waals surface area (Å²) >= 11 is 0. The highest BCUT2D eigenvalue weighted by Crippen LogP contribution is 2.31. The third-order valence-electron chi connectivity index (χ3n) is 6.00. The van der Waals surface area contributed by atoms with E-state index in [0.717, 1.165) is 47.5 Å². The summed E-state index contributed by atoms with van der Waals surface area (Å²) in [4.78, 5) is 19.7. The molecule has 36 heavy (non-hydrogen) atoms. The van der Waals surface area contributed by atoms with E-state index in [9.17, 15) is 22.4 Å². The molecule has 0 bridgehead atoms. The van der Waals surface area contributed by atoms with Crippen molar-refractivity contribution in [1.29, 1.82) is 0 Å². The van der Waals surface area contributed by atoms with E-state index in [1.165, 1.54) is 16.8 Å². The normalized spacial score (nSPS) is 14.4. The first-order valence-electron chi connectivity index (χ1n) is 11.2. The van der Waals surface area contributed by atoms with Crippen molar-refractivity contribution >= 4 is 16.7 Å². The molecule has 188 valence electrons. The summed E-state index contributed by atoms with van der Waals surface area (Å²) in [6, 6.07) is 7.99. The van der Waals surface area contributed by atoms with Gasteiger partial charge in [-0.15, -0.1) is 13.2 Å². The van der Waals surface area contributed by atoms with E-state index in [4.69, 9.17) is 4.74 Å². The van der Waals surface area contributed by atoms with Gasteiger partial charge in [-0.3, -0.25) is 4.79 Å². The lowest BCUT2D eigenvalue weighted by molar-refractivity contribution is -0.274. The molecule has 4 aromatic rings. The first-order valence-corrected chi connectivity index (χ1v) is 11.2. The average molecular weight is 502 g/mol. The zero-order chi connectivity index (χ0) is 25.4. The van der Waals surface area contributed by atoms with E-state index in [1.54, 1.807) is 6.07 Å². The molecule has 1 aliphatic heterocycles. The molecule has 4 heterocycles. The number of morpholine rings is 1. The minimum absolute atomic E-state index is 0.122. The Labute approximate surface area is 203 Å². The van der Waals surface area contributed by atoms with Crippen LogP contribution in [-0.4, -0.2) is 46.8 Å². The SMILES string of the molecule is Cn1cc(-c2ccn(Cc3cc(F)cc(OC(F)(F)F)c3)c(=O)c2)c2cc(N3CCOCC3)cnc21. The largest absolute Gasteiger partial charge is 0.573 e. The zero-order valence-corrected chi connectivity index (χ0v) is 19.3. The van der Waals surface area contributed by atoms with E-state index >= 15 is 0 Å². The number of anilines is 1. The van der Waals surface area contributed by atoms with Crippen LogP contribution in [0.1, 0.15) is 5.56 Å². The molecule has 0 saturated carbocycles. The van der Waals surface area contributed by atoms with Gasteiger partial charge < -0.3 is 23.5 Å². The maximum absolute atomic E-state index is 13.9. The zero-order valence-electron chi connectivity index (χ0n) is 19.3. The summed E-state index contributed by atoms with van der Waals surface area (Å²) in [6.07, 6.45) is 0.307. The fraction of sp³-hybridized carbons (Fsp3) is 0.280. The van der Waals surface area contributed by atoms with Crippen LogP contribution in [0, 0.1) is 5.82 Å². The van der Waals surface area contributed by atoms with E-state index in [2.05, 4.69) is 14.6 Å². The van der Waals surface area contributed by atoms with E-state index < -0.39 is 17.9 Å². The molecule has 0 atom stereocenters. The molecule has 0 N–H and O–H groups in total. The van der Waals surface area contributed by atoms with Crippen LogP contribution in [0.25, 0.3) is 22.2 Å². The Bertz CT molecular complexity index is 1470. The average Bonchev–Trinajstić information content (AvgIpc) is 3.15. The number of benzene rings is 1. The van der Waals surface area contributed by atoms with Crippen molar-refractivity contribution in [3.63, 3.8) is 0 Å². The molecule has 11 heteroatoms. The number of halogens is 4. The van der Waals surface area contributed by atoms with Crippen LogP contribution in [0.2, 0.25) is 0 Å². The Morgan fingerprint density at radius 2 is 1.89 bits per heavy atom. The predicted octanol–water partition coefficient (Wildman–Crippen LogP) is 4.32. The standard InChI is InChI=1S/C25H22F4N4O3/c1-31-15-22(21-12-19(13-30-24(21)31)32-4-6-35-7-5-32)17-2-3-33(23(34)10-17)14-16-8-18(26)11-20(9-16)36-25(27,28)29/h2-3,8-13,15H,4-7,14H2,1H3. The minimum atomic E-state index is -4.95. The van der Waals surface area contributed by atoms with Gasteiger partial charge in [0.1, 0.15) is 17.2 Å². The number of hydrogen-bond donors (Lipinski definition) is 0. The van der Waals surface area contributed by atoms with Crippen LogP contribution in [-0.2, 0) is 18.3 Å². The van der Waals surface area contributed by atoms with Gasteiger partial charge >= 0.3 is 6.36 Å². The maximum atomic E-state index is 13.9. The Morgan fingerprint density at radius 1 is 1.11 bits per heavy atom. The van der Waals surface area contributed by atoms with Gasteiger partial charge in [0, 0.05) is 55.6 Å². The fourth-order valence-electron chi connectivity index (χ4n) is 4.38. The molecular weight excluding hydrogens is 480 g/mol. The first-order chi connectivity index (χ1) is 17.2. The molecule has 1 saturated heterocycles. The van der Waals surface area contributed by atoms with Gasteiger partial charge in [-0.25, -0.2) is 9.37 Å². The second-order valence-electron chi connectivity index (χ2n) is 8.54. The second-order valence-corrected chi connectivity index (χ2v) is 8.54. The predicted molar refractivity (Wildman–Crippen MR) is 126 cm³/mol. The highest BCUT2D eigenvalue weighted by Gasteiger charge is 2.31. The molecular formula is C25H22F4N4O3. The lowest BCUT2D eigenvalue weighted by Crippen LogP contribution is -2.36. The van der Waals surface area contributed by atoms with Crippen molar-refractivity contribution in [2.24, 2.45) is 7.05 Å². The van der Waals surface area contributed by atoms with Crippen molar-refractivity contribution in [3.05, 3.63) is 76.7 Å². The van der Waals surface area contributed by atoms with Crippen LogP contribution in [0.3, 0.4) is 0 Å². The second kappa shape index (κ2) is 9.30. The molecule has 0 aliphatic carbocycles. The van der Waals surface area contributed by atoms with E-state index in [1.807, 2.05) is 30.1 Å². The molecule has 5 rings (SSSR count). The summed E-state index contributed by atoms with van der Waals surface area (Å²) in [5.74, 6) is -1.57. The molecule has 1 aliphatic rings. The summed E-state index contributed by atoms with van der Waals surface area (Å²) in [5.41, 5.74) is 3.00. The molecule has 1 fully saturated rings. The monoisotopic (exact) mass is 502 g/mol. The number of aromatic nitrogens is 3.